The first kappa shape index (κ1) is 13.6. The summed E-state index contributed by atoms with van der Waals surface area (Å²) in [5, 5.41) is 22.0. The number of aliphatic carboxylic acids is 1. The van der Waals surface area contributed by atoms with E-state index in [9.17, 15) is 4.79 Å². The molecule has 0 aromatic rings. The molecule has 0 fully saturated rings. The predicted molar refractivity (Wildman–Crippen MR) is 40.9 cm³/mol. The lowest BCUT2D eigenvalue weighted by Crippen LogP contribution is -2.06. The maximum atomic E-state index is 9.76. The topological polar surface area (TPSA) is 81.0 Å². The first-order chi connectivity index (χ1) is 5.04. The van der Waals surface area contributed by atoms with Gasteiger partial charge in [-0.3, -0.25) is 4.79 Å². The number of carboxylic acid groups (broad SMARTS) is 1. The molecule has 0 rings (SSSR count). The minimum absolute atomic E-state index is 0. The molecule has 0 heterocycles. The van der Waals surface area contributed by atoms with Crippen molar-refractivity contribution >= 4 is 37.2 Å². The third-order valence-corrected chi connectivity index (χ3v) is 0.833. The summed E-state index contributed by atoms with van der Waals surface area (Å²) in [4.78, 5) is 9.76. The van der Waals surface area contributed by atoms with Gasteiger partial charge in [-0.2, -0.15) is 0 Å². The molecule has 0 spiro atoms. The first-order valence-electron chi connectivity index (χ1n) is 2.45. The molecule has 1 radical (unpaired) electrons. The van der Waals surface area contributed by atoms with Gasteiger partial charge in [-0.1, -0.05) is 0 Å². The molecule has 0 aliphatic rings. The number of carbonyl (C=O) groups is 1. The summed E-state index contributed by atoms with van der Waals surface area (Å²) >= 11 is 10.1. The highest BCUT2D eigenvalue weighted by molar-refractivity contribution is 6.33. The first-order valence-corrected chi connectivity index (χ1v) is 3.13. The Morgan fingerprint density at radius 1 is 1.45 bits per heavy atom. The molecule has 11 heavy (non-hydrogen) atoms. The number of hydrogen-bond donors (Lipinski definition) is 3. The molecule has 0 aromatic heterocycles. The highest BCUT2D eigenvalue weighted by Gasteiger charge is 1.99. The Kier molecular flexibility index (Phi) is 12.3. The molecule has 3 N–H and O–H groups in total. The van der Waals surface area contributed by atoms with Gasteiger partial charge in [0, 0.05) is 6.54 Å². The quantitative estimate of drug-likeness (QED) is 0.428. The van der Waals surface area contributed by atoms with Crippen LogP contribution in [-0.4, -0.2) is 39.3 Å². The number of hydrogen-bond acceptors (Lipinski definition) is 4. The molecular formula is C3H7BCl2NO4. The largest absolute Gasteiger partial charge is 0.482 e. The highest BCUT2D eigenvalue weighted by Crippen LogP contribution is 1.98. The van der Waals surface area contributed by atoms with Crippen LogP contribution in [0.3, 0.4) is 0 Å². The maximum absolute atomic E-state index is 9.76. The summed E-state index contributed by atoms with van der Waals surface area (Å²) in [6.07, 6.45) is -0.0347. The Hall–Kier alpha value is -0.00506. The third-order valence-electron chi connectivity index (χ3n) is 0.495. The molecule has 0 saturated carbocycles. The van der Waals surface area contributed by atoms with Gasteiger partial charge in [0.2, 0.25) is 0 Å². The smallest absolute Gasteiger partial charge is 0.481 e. The van der Waals surface area contributed by atoms with E-state index in [1.165, 1.54) is 0 Å². The van der Waals surface area contributed by atoms with Gasteiger partial charge in [0.25, 0.3) is 0 Å². The number of halogens is 2. The second-order valence-electron chi connectivity index (χ2n) is 1.29. The molecule has 0 atom stereocenters. The zero-order valence-electron chi connectivity index (χ0n) is 5.44. The van der Waals surface area contributed by atoms with E-state index in [1.54, 1.807) is 0 Å². The van der Waals surface area contributed by atoms with E-state index >= 15 is 0 Å². The molecule has 0 aliphatic carbocycles. The van der Waals surface area contributed by atoms with E-state index in [4.69, 9.17) is 38.7 Å². The Morgan fingerprint density at radius 2 is 1.82 bits per heavy atom. The summed E-state index contributed by atoms with van der Waals surface area (Å²) in [5.74, 6) is -0.906. The van der Waals surface area contributed by atoms with Crippen LogP contribution in [0.1, 0.15) is 6.42 Å². The van der Waals surface area contributed by atoms with E-state index < -0.39 is 5.97 Å². The van der Waals surface area contributed by atoms with Gasteiger partial charge in [-0.25, -0.2) is 0 Å². The second-order valence-corrected chi connectivity index (χ2v) is 2.27. The SMILES string of the molecule is O=C(O)CCN(Cl)Cl.O[B]O. The van der Waals surface area contributed by atoms with Crippen molar-refractivity contribution < 1.29 is 19.9 Å². The average molecular weight is 203 g/mol. The Bertz CT molecular complexity index is 103. The minimum atomic E-state index is -0.906. The van der Waals surface area contributed by atoms with Gasteiger partial charge >= 0.3 is 13.7 Å². The molecular weight excluding hydrogens is 196 g/mol. The van der Waals surface area contributed by atoms with Gasteiger partial charge in [0.05, 0.1) is 6.42 Å². The van der Waals surface area contributed by atoms with Gasteiger partial charge in [-0.15, -0.1) is 3.94 Å². The Morgan fingerprint density at radius 3 is 1.91 bits per heavy atom. The van der Waals surface area contributed by atoms with Crippen LogP contribution >= 0.6 is 23.6 Å². The highest BCUT2D eigenvalue weighted by atomic mass is 35.5. The number of carboxylic acids is 1. The predicted octanol–water partition coefficient (Wildman–Crippen LogP) is -0.424. The minimum Gasteiger partial charge on any atom is -0.481 e. The molecule has 8 heteroatoms. The lowest BCUT2D eigenvalue weighted by atomic mass is 10.5. The van der Waals surface area contributed by atoms with Crippen molar-refractivity contribution in [1.82, 2.24) is 3.94 Å². The zero-order valence-corrected chi connectivity index (χ0v) is 6.96. The van der Waals surface area contributed by atoms with Crippen LogP contribution in [0.2, 0.25) is 0 Å². The van der Waals surface area contributed by atoms with Crippen molar-refractivity contribution in [2.45, 2.75) is 6.42 Å². The van der Waals surface area contributed by atoms with Gasteiger partial charge in [0.1, 0.15) is 0 Å². The summed E-state index contributed by atoms with van der Waals surface area (Å²) in [6, 6.07) is 0. The fourth-order valence-electron chi connectivity index (χ4n) is 0.180. The summed E-state index contributed by atoms with van der Waals surface area (Å²) < 4.78 is 0.786. The van der Waals surface area contributed by atoms with Crippen LogP contribution in [0.4, 0.5) is 0 Å². The van der Waals surface area contributed by atoms with Crippen molar-refractivity contribution in [3.63, 3.8) is 0 Å². The standard InChI is InChI=1S/C3H5Cl2NO2.BH2O2/c4-6(5)2-1-3(7)8;2-1-3/h1-2H2,(H,7,8);2-3H. The van der Waals surface area contributed by atoms with Gasteiger partial charge in [0.15, 0.2) is 0 Å². The Labute approximate surface area is 74.7 Å². The lowest BCUT2D eigenvalue weighted by molar-refractivity contribution is -0.137. The average Bonchev–Trinajstić information content (AvgIpc) is 1.85. The summed E-state index contributed by atoms with van der Waals surface area (Å²) in [7, 11) is 0. The van der Waals surface area contributed by atoms with E-state index in [-0.39, 0.29) is 20.7 Å². The number of nitrogens with zero attached hydrogens (tertiary/aromatic N) is 1. The molecule has 65 valence electrons. The second kappa shape index (κ2) is 9.99. The van der Waals surface area contributed by atoms with Crippen molar-refractivity contribution in [1.29, 1.82) is 0 Å². The lowest BCUT2D eigenvalue weighted by Gasteiger charge is -1.97. The molecule has 0 amide bonds. The van der Waals surface area contributed by atoms with E-state index in [1.807, 2.05) is 0 Å². The van der Waals surface area contributed by atoms with Gasteiger partial charge in [-0.05, 0) is 23.6 Å². The summed E-state index contributed by atoms with van der Waals surface area (Å²) in [5.41, 5.74) is 0. The van der Waals surface area contributed by atoms with E-state index in [2.05, 4.69) is 0 Å². The van der Waals surface area contributed by atoms with Gasteiger partial charge < -0.3 is 15.2 Å². The molecule has 0 bridgehead atoms. The molecule has 0 aliphatic heterocycles. The van der Waals surface area contributed by atoms with Crippen molar-refractivity contribution in [3.8, 4) is 0 Å². The monoisotopic (exact) mass is 202 g/mol. The van der Waals surface area contributed by atoms with Crippen LogP contribution < -0.4 is 0 Å². The normalized spacial score (nSPS) is 8.45. The molecule has 0 unspecified atom stereocenters. The fraction of sp³-hybridized carbons (Fsp3) is 0.667. The number of rotatable bonds is 3. The molecule has 0 aromatic carbocycles. The van der Waals surface area contributed by atoms with Crippen LogP contribution in [0, 0.1) is 0 Å². The van der Waals surface area contributed by atoms with Crippen molar-refractivity contribution in [2.75, 3.05) is 6.54 Å². The zero-order chi connectivity index (χ0) is 9.28. The Balaban J connectivity index is 0. The van der Waals surface area contributed by atoms with Crippen molar-refractivity contribution in [2.24, 2.45) is 0 Å². The third kappa shape index (κ3) is 25.6. The molecule has 0 saturated heterocycles. The van der Waals surface area contributed by atoms with E-state index in [0.717, 1.165) is 3.94 Å². The van der Waals surface area contributed by atoms with Crippen LogP contribution in [-0.2, 0) is 4.79 Å². The van der Waals surface area contributed by atoms with Crippen LogP contribution in [0.25, 0.3) is 0 Å². The van der Waals surface area contributed by atoms with Crippen molar-refractivity contribution in [3.05, 3.63) is 0 Å². The fourth-order valence-corrected chi connectivity index (χ4v) is 0.349. The molecule has 5 nitrogen and oxygen atoms in total. The summed E-state index contributed by atoms with van der Waals surface area (Å²) in [6.45, 7) is 0.151. The maximum Gasteiger partial charge on any atom is 0.482 e. The van der Waals surface area contributed by atoms with Crippen LogP contribution in [0.5, 0.6) is 0 Å². The van der Waals surface area contributed by atoms with Crippen LogP contribution in [0.15, 0.2) is 0 Å². The van der Waals surface area contributed by atoms with E-state index in [0.29, 0.717) is 0 Å².